The predicted molar refractivity (Wildman–Crippen MR) is 97.6 cm³/mol. The van der Waals surface area contributed by atoms with Gasteiger partial charge in [0, 0.05) is 17.7 Å². The average Bonchev–Trinajstić information content (AvgIpc) is 2.84. The third-order valence-corrected chi connectivity index (χ3v) is 3.99. The van der Waals surface area contributed by atoms with Crippen molar-refractivity contribution in [3.63, 3.8) is 0 Å². The molecule has 0 aliphatic carbocycles. The van der Waals surface area contributed by atoms with Crippen molar-refractivity contribution in [3.05, 3.63) is 29.3 Å². The first-order valence-electron chi connectivity index (χ1n) is 8.41. The van der Waals surface area contributed by atoms with E-state index in [0.29, 0.717) is 16.2 Å². The molecule has 1 aromatic rings. The minimum Gasteiger partial charge on any atom is -0.444 e. The molecule has 1 atom stereocenters. The summed E-state index contributed by atoms with van der Waals surface area (Å²) in [6, 6.07) is 3.41. The summed E-state index contributed by atoms with van der Waals surface area (Å²) in [5, 5.41) is 0. The van der Waals surface area contributed by atoms with Crippen molar-refractivity contribution in [2.75, 3.05) is 12.3 Å². The van der Waals surface area contributed by atoms with E-state index < -0.39 is 42.5 Å². The Bertz CT molecular complexity index is 787. The van der Waals surface area contributed by atoms with Crippen molar-refractivity contribution >= 4 is 23.5 Å². The van der Waals surface area contributed by atoms with E-state index in [2.05, 4.69) is 4.99 Å². The summed E-state index contributed by atoms with van der Waals surface area (Å²) < 4.78 is 32.8. The number of hydrogen-bond donors (Lipinski definition) is 2. The third-order valence-electron chi connectivity index (χ3n) is 3.99. The molecule has 1 aliphatic heterocycles. The highest BCUT2D eigenvalue weighted by molar-refractivity contribution is 6.06. The number of nitrogens with zero attached hydrogens (tertiary/aromatic N) is 2. The van der Waals surface area contributed by atoms with Gasteiger partial charge in [0.25, 0.3) is 11.8 Å². The second-order valence-electron chi connectivity index (χ2n) is 7.59. The fourth-order valence-electron chi connectivity index (χ4n) is 2.61. The number of nitrogens with two attached hydrogens (primary N) is 2. The Balaban J connectivity index is 2.25. The number of hydrogen-bond acceptors (Lipinski definition) is 4. The Kier molecular flexibility index (Phi) is 5.44. The summed E-state index contributed by atoms with van der Waals surface area (Å²) in [5.41, 5.74) is 12.4. The number of carbonyl (C=O) groups excluding carboxylic acids is 2. The van der Waals surface area contributed by atoms with Crippen LogP contribution in [0.15, 0.2) is 23.2 Å². The van der Waals surface area contributed by atoms with Crippen LogP contribution >= 0.6 is 0 Å². The summed E-state index contributed by atoms with van der Waals surface area (Å²) >= 11 is 0. The van der Waals surface area contributed by atoms with E-state index in [-0.39, 0.29) is 5.84 Å². The third kappa shape index (κ3) is 5.15. The van der Waals surface area contributed by atoms with Gasteiger partial charge in [-0.1, -0.05) is 12.1 Å². The Labute approximate surface area is 156 Å². The van der Waals surface area contributed by atoms with E-state index in [1.54, 1.807) is 39.8 Å². The van der Waals surface area contributed by atoms with Crippen LogP contribution in [0.3, 0.4) is 0 Å². The molecule has 1 heterocycles. The van der Waals surface area contributed by atoms with Gasteiger partial charge in [-0.15, -0.1) is 0 Å². The average molecular weight is 382 g/mol. The summed E-state index contributed by atoms with van der Waals surface area (Å²) in [5.74, 6) is -4.31. The molecule has 27 heavy (non-hydrogen) atoms. The lowest BCUT2D eigenvalue weighted by Gasteiger charge is -2.26. The molecule has 0 unspecified atom stereocenters. The van der Waals surface area contributed by atoms with Crippen molar-refractivity contribution in [1.82, 2.24) is 4.90 Å². The molecule has 1 aliphatic rings. The molecule has 2 amide bonds. The van der Waals surface area contributed by atoms with Crippen LogP contribution in [0.2, 0.25) is 0 Å². The van der Waals surface area contributed by atoms with E-state index in [0.717, 1.165) is 5.56 Å². The maximum absolute atomic E-state index is 13.9. The largest absolute Gasteiger partial charge is 0.444 e. The van der Waals surface area contributed by atoms with Crippen LogP contribution in [0, 0.1) is 6.92 Å². The lowest BCUT2D eigenvalue weighted by atomic mass is 10.1. The standard InChI is InChI=1S/C18H24F2N4O3/c1-10-5-6-11(7-12(10)21)14(22)23-15(25)13-8-18(19,20)9-24(13)16(26)27-17(2,3)4/h5-7,13H,8-9,21H2,1-4H3,(H2,22,23,25)/t13-/m0/s1. The van der Waals surface area contributed by atoms with Gasteiger partial charge in [0.05, 0.1) is 6.54 Å². The number of ether oxygens (including phenoxy) is 1. The topological polar surface area (TPSA) is 111 Å². The van der Waals surface area contributed by atoms with Crippen LogP contribution in [-0.4, -0.2) is 46.8 Å². The number of anilines is 1. The van der Waals surface area contributed by atoms with Gasteiger partial charge in [-0.25, -0.2) is 13.6 Å². The van der Waals surface area contributed by atoms with Crippen molar-refractivity contribution in [2.24, 2.45) is 10.7 Å². The molecule has 7 nitrogen and oxygen atoms in total. The predicted octanol–water partition coefficient (Wildman–Crippen LogP) is 2.45. The van der Waals surface area contributed by atoms with Gasteiger partial charge in [-0.05, 0) is 39.3 Å². The summed E-state index contributed by atoms with van der Waals surface area (Å²) in [6.07, 6.45) is -1.83. The maximum atomic E-state index is 13.9. The van der Waals surface area contributed by atoms with Crippen LogP contribution in [0.5, 0.6) is 0 Å². The van der Waals surface area contributed by atoms with E-state index in [9.17, 15) is 18.4 Å². The first-order chi connectivity index (χ1) is 12.3. The zero-order valence-corrected chi connectivity index (χ0v) is 15.8. The maximum Gasteiger partial charge on any atom is 0.411 e. The molecule has 2 rings (SSSR count). The normalized spacial score (nSPS) is 19.9. The van der Waals surface area contributed by atoms with Gasteiger partial charge in [-0.3, -0.25) is 9.69 Å². The molecule has 1 saturated heterocycles. The molecule has 0 saturated carbocycles. The molecular formula is C18H24F2N4O3. The van der Waals surface area contributed by atoms with E-state index in [1.165, 1.54) is 6.07 Å². The minimum atomic E-state index is -3.21. The number of likely N-dealkylation sites (tertiary alicyclic amines) is 1. The Morgan fingerprint density at radius 1 is 1.33 bits per heavy atom. The Morgan fingerprint density at radius 3 is 2.52 bits per heavy atom. The number of nitrogen functional groups attached to an aromatic ring is 1. The molecule has 9 heteroatoms. The van der Waals surface area contributed by atoms with Crippen molar-refractivity contribution in [2.45, 2.75) is 51.7 Å². The first kappa shape index (κ1) is 20.6. The molecule has 0 bridgehead atoms. The van der Waals surface area contributed by atoms with Crippen molar-refractivity contribution in [3.8, 4) is 0 Å². The van der Waals surface area contributed by atoms with Crippen LogP contribution in [0.25, 0.3) is 0 Å². The number of alkyl halides is 2. The van der Waals surface area contributed by atoms with Gasteiger partial charge in [0.15, 0.2) is 0 Å². The number of rotatable bonds is 2. The number of carbonyl (C=O) groups is 2. The zero-order valence-electron chi connectivity index (χ0n) is 15.8. The molecule has 1 aromatic carbocycles. The molecular weight excluding hydrogens is 358 g/mol. The molecule has 148 valence electrons. The van der Waals surface area contributed by atoms with Crippen LogP contribution in [0.4, 0.5) is 19.3 Å². The van der Waals surface area contributed by atoms with Crippen molar-refractivity contribution < 1.29 is 23.1 Å². The van der Waals surface area contributed by atoms with Gasteiger partial charge in [-0.2, -0.15) is 4.99 Å². The Morgan fingerprint density at radius 2 is 1.96 bits per heavy atom. The molecule has 0 spiro atoms. The fourth-order valence-corrected chi connectivity index (χ4v) is 2.61. The second-order valence-corrected chi connectivity index (χ2v) is 7.59. The van der Waals surface area contributed by atoms with Crippen LogP contribution in [-0.2, 0) is 9.53 Å². The van der Waals surface area contributed by atoms with E-state index >= 15 is 0 Å². The van der Waals surface area contributed by atoms with E-state index in [1.807, 2.05) is 0 Å². The minimum absolute atomic E-state index is 0.161. The zero-order chi connectivity index (χ0) is 20.6. The molecule has 0 radical (unpaired) electrons. The van der Waals surface area contributed by atoms with Gasteiger partial charge >= 0.3 is 6.09 Å². The highest BCUT2D eigenvalue weighted by Gasteiger charge is 2.51. The molecule has 4 N–H and O–H groups in total. The number of aryl methyl sites for hydroxylation is 1. The number of amidine groups is 1. The van der Waals surface area contributed by atoms with E-state index in [4.69, 9.17) is 16.2 Å². The fraction of sp³-hybridized carbons (Fsp3) is 0.500. The smallest absolute Gasteiger partial charge is 0.411 e. The lowest BCUT2D eigenvalue weighted by Crippen LogP contribution is -2.43. The summed E-state index contributed by atoms with van der Waals surface area (Å²) in [6.45, 7) is 5.71. The second kappa shape index (κ2) is 7.13. The number of halogens is 2. The van der Waals surface area contributed by atoms with Crippen molar-refractivity contribution in [1.29, 1.82) is 0 Å². The highest BCUT2D eigenvalue weighted by atomic mass is 19.3. The highest BCUT2D eigenvalue weighted by Crippen LogP contribution is 2.33. The number of benzene rings is 1. The van der Waals surface area contributed by atoms with Crippen LogP contribution in [0.1, 0.15) is 38.3 Å². The van der Waals surface area contributed by atoms with Gasteiger partial charge < -0.3 is 16.2 Å². The quantitative estimate of drug-likeness (QED) is 0.464. The van der Waals surface area contributed by atoms with Crippen LogP contribution < -0.4 is 11.5 Å². The Hall–Kier alpha value is -2.71. The van der Waals surface area contributed by atoms with Gasteiger partial charge in [0.1, 0.15) is 17.5 Å². The molecule has 0 aromatic heterocycles. The summed E-state index contributed by atoms with van der Waals surface area (Å²) in [4.78, 5) is 29.1. The van der Waals surface area contributed by atoms with Gasteiger partial charge in [0.2, 0.25) is 0 Å². The number of amides is 2. The number of aliphatic imine (C=N–C) groups is 1. The summed E-state index contributed by atoms with van der Waals surface area (Å²) in [7, 11) is 0. The lowest BCUT2D eigenvalue weighted by molar-refractivity contribution is -0.122. The first-order valence-corrected chi connectivity index (χ1v) is 8.41. The molecule has 1 fully saturated rings. The monoisotopic (exact) mass is 382 g/mol. The SMILES string of the molecule is Cc1ccc(C(N)=NC(=O)[C@@H]2CC(F)(F)CN2C(=O)OC(C)(C)C)cc1N.